The SMILES string of the molecule is Cc1cc(C)c2nc(N3CC(S)CC3=O)sc2c1. The molecule has 0 saturated carbocycles. The molecule has 94 valence electrons. The maximum absolute atomic E-state index is 11.9. The van der Waals surface area contributed by atoms with Gasteiger partial charge in [0.1, 0.15) is 0 Å². The molecule has 1 unspecified atom stereocenters. The highest BCUT2D eigenvalue weighted by Crippen LogP contribution is 2.34. The number of nitrogens with zero attached hydrogens (tertiary/aromatic N) is 2. The Hall–Kier alpha value is -1.07. The second-order valence-electron chi connectivity index (χ2n) is 4.79. The van der Waals surface area contributed by atoms with Crippen LogP contribution >= 0.6 is 24.0 Å². The van der Waals surface area contributed by atoms with Crippen LogP contribution in [0.1, 0.15) is 17.5 Å². The van der Waals surface area contributed by atoms with Crippen molar-refractivity contribution in [2.24, 2.45) is 0 Å². The molecule has 2 aromatic rings. The molecular formula is C13H14N2OS2. The number of aryl methyl sites for hydroxylation is 2. The predicted octanol–water partition coefficient (Wildman–Crippen LogP) is 2.95. The van der Waals surface area contributed by atoms with Gasteiger partial charge in [0, 0.05) is 18.2 Å². The molecule has 1 aliphatic heterocycles. The van der Waals surface area contributed by atoms with Gasteiger partial charge in [-0.15, -0.1) is 0 Å². The molecule has 18 heavy (non-hydrogen) atoms. The molecule has 1 fully saturated rings. The highest BCUT2D eigenvalue weighted by molar-refractivity contribution is 7.81. The van der Waals surface area contributed by atoms with Gasteiger partial charge in [-0.2, -0.15) is 12.6 Å². The molecule has 0 N–H and O–H groups in total. The summed E-state index contributed by atoms with van der Waals surface area (Å²) in [5, 5.41) is 0.938. The van der Waals surface area contributed by atoms with Crippen molar-refractivity contribution in [3.8, 4) is 0 Å². The zero-order chi connectivity index (χ0) is 12.9. The second kappa shape index (κ2) is 4.24. The molecule has 5 heteroatoms. The summed E-state index contributed by atoms with van der Waals surface area (Å²) >= 11 is 5.96. The zero-order valence-electron chi connectivity index (χ0n) is 10.3. The number of aromatic nitrogens is 1. The summed E-state index contributed by atoms with van der Waals surface area (Å²) in [6, 6.07) is 4.25. The topological polar surface area (TPSA) is 33.2 Å². The third-order valence-electron chi connectivity index (χ3n) is 3.15. The van der Waals surface area contributed by atoms with Crippen molar-refractivity contribution in [1.29, 1.82) is 0 Å². The molecule has 0 aliphatic carbocycles. The molecule has 1 saturated heterocycles. The summed E-state index contributed by atoms with van der Waals surface area (Å²) < 4.78 is 1.15. The molecule has 3 rings (SSSR count). The van der Waals surface area contributed by atoms with E-state index in [2.05, 4.69) is 43.6 Å². The maximum Gasteiger partial charge on any atom is 0.229 e. The van der Waals surface area contributed by atoms with Crippen LogP contribution in [0.3, 0.4) is 0 Å². The van der Waals surface area contributed by atoms with Crippen LogP contribution in [0, 0.1) is 13.8 Å². The van der Waals surface area contributed by atoms with Crippen molar-refractivity contribution in [1.82, 2.24) is 4.98 Å². The van der Waals surface area contributed by atoms with Gasteiger partial charge in [-0.3, -0.25) is 9.69 Å². The van der Waals surface area contributed by atoms with Gasteiger partial charge in [0.25, 0.3) is 0 Å². The Kier molecular flexibility index (Phi) is 2.83. The molecule has 2 heterocycles. The highest BCUT2D eigenvalue weighted by atomic mass is 32.1. The van der Waals surface area contributed by atoms with E-state index in [1.165, 1.54) is 11.1 Å². The zero-order valence-corrected chi connectivity index (χ0v) is 12.0. The fraction of sp³-hybridized carbons (Fsp3) is 0.385. The lowest BCUT2D eigenvalue weighted by Crippen LogP contribution is -2.24. The van der Waals surface area contributed by atoms with Crippen LogP contribution in [0.4, 0.5) is 5.13 Å². The first-order chi connectivity index (χ1) is 8.54. The van der Waals surface area contributed by atoms with Gasteiger partial charge in [0.2, 0.25) is 5.91 Å². The number of carbonyl (C=O) groups excluding carboxylic acids is 1. The molecule has 1 aromatic carbocycles. The quantitative estimate of drug-likeness (QED) is 0.814. The van der Waals surface area contributed by atoms with E-state index in [4.69, 9.17) is 0 Å². The molecule has 0 bridgehead atoms. The minimum Gasteiger partial charge on any atom is -0.287 e. The number of rotatable bonds is 1. The lowest BCUT2D eigenvalue weighted by Gasteiger charge is -2.10. The molecule has 0 spiro atoms. The summed E-state index contributed by atoms with van der Waals surface area (Å²) in [6.45, 7) is 4.81. The Morgan fingerprint density at radius 1 is 1.44 bits per heavy atom. The Balaban J connectivity index is 2.09. The lowest BCUT2D eigenvalue weighted by molar-refractivity contribution is -0.117. The number of amides is 1. The van der Waals surface area contributed by atoms with Crippen LogP contribution < -0.4 is 4.90 Å². The Bertz CT molecular complexity index is 635. The van der Waals surface area contributed by atoms with E-state index >= 15 is 0 Å². The van der Waals surface area contributed by atoms with Gasteiger partial charge in [-0.1, -0.05) is 17.4 Å². The lowest BCUT2D eigenvalue weighted by atomic mass is 10.1. The van der Waals surface area contributed by atoms with E-state index in [9.17, 15) is 4.79 Å². The van der Waals surface area contributed by atoms with E-state index in [-0.39, 0.29) is 11.2 Å². The van der Waals surface area contributed by atoms with Crippen molar-refractivity contribution in [3.05, 3.63) is 23.3 Å². The van der Waals surface area contributed by atoms with Crippen molar-refractivity contribution in [3.63, 3.8) is 0 Å². The highest BCUT2D eigenvalue weighted by Gasteiger charge is 2.30. The summed E-state index contributed by atoms with van der Waals surface area (Å²) in [4.78, 5) is 18.2. The largest absolute Gasteiger partial charge is 0.287 e. The van der Waals surface area contributed by atoms with Gasteiger partial charge in [-0.25, -0.2) is 4.98 Å². The molecule has 1 amide bonds. The van der Waals surface area contributed by atoms with E-state index in [1.807, 2.05) is 0 Å². The number of hydrogen-bond donors (Lipinski definition) is 1. The van der Waals surface area contributed by atoms with Gasteiger partial charge in [0.05, 0.1) is 10.2 Å². The van der Waals surface area contributed by atoms with Crippen LogP contribution in [0.2, 0.25) is 0 Å². The standard InChI is InChI=1S/C13H14N2OS2/c1-7-3-8(2)12-10(4-7)18-13(14-12)15-6-9(17)5-11(15)16/h3-4,9,17H,5-6H2,1-2H3. The van der Waals surface area contributed by atoms with E-state index < -0.39 is 0 Å². The average Bonchev–Trinajstić information content (AvgIpc) is 2.81. The van der Waals surface area contributed by atoms with Gasteiger partial charge >= 0.3 is 0 Å². The number of benzene rings is 1. The number of hydrogen-bond acceptors (Lipinski definition) is 4. The number of carbonyl (C=O) groups is 1. The van der Waals surface area contributed by atoms with Crippen LogP contribution in [-0.2, 0) is 4.79 Å². The second-order valence-corrected chi connectivity index (χ2v) is 6.53. The van der Waals surface area contributed by atoms with Crippen LogP contribution in [0.15, 0.2) is 12.1 Å². The Morgan fingerprint density at radius 2 is 2.22 bits per heavy atom. The third-order valence-corrected chi connectivity index (χ3v) is 4.53. The van der Waals surface area contributed by atoms with Crippen molar-refractivity contribution in [2.75, 3.05) is 11.4 Å². The van der Waals surface area contributed by atoms with Crippen molar-refractivity contribution in [2.45, 2.75) is 25.5 Å². The van der Waals surface area contributed by atoms with Crippen LogP contribution in [-0.4, -0.2) is 22.7 Å². The fourth-order valence-corrected chi connectivity index (χ4v) is 3.84. The fourth-order valence-electron chi connectivity index (χ4n) is 2.35. The first kappa shape index (κ1) is 12.0. The average molecular weight is 278 g/mol. The number of fused-ring (bicyclic) bond motifs is 1. The summed E-state index contributed by atoms with van der Waals surface area (Å²) in [7, 11) is 0. The van der Waals surface area contributed by atoms with Gasteiger partial charge in [0.15, 0.2) is 5.13 Å². The third kappa shape index (κ3) is 1.91. The van der Waals surface area contributed by atoms with E-state index in [1.54, 1.807) is 16.2 Å². The molecular weight excluding hydrogens is 264 g/mol. The summed E-state index contributed by atoms with van der Waals surface area (Å²) in [5.74, 6) is 0.128. The van der Waals surface area contributed by atoms with E-state index in [0.717, 1.165) is 15.3 Å². The van der Waals surface area contributed by atoms with E-state index in [0.29, 0.717) is 13.0 Å². The molecule has 3 nitrogen and oxygen atoms in total. The van der Waals surface area contributed by atoms with Crippen molar-refractivity contribution < 1.29 is 4.79 Å². The smallest absolute Gasteiger partial charge is 0.229 e. The number of thiol groups is 1. The minimum atomic E-state index is 0.128. The predicted molar refractivity (Wildman–Crippen MR) is 78.8 cm³/mol. The Labute approximate surface area is 115 Å². The summed E-state index contributed by atoms with van der Waals surface area (Å²) in [5.41, 5.74) is 3.41. The molecule has 0 radical (unpaired) electrons. The maximum atomic E-state index is 11.9. The van der Waals surface area contributed by atoms with Gasteiger partial charge < -0.3 is 0 Å². The first-order valence-corrected chi connectivity index (χ1v) is 7.24. The number of thiazole rings is 1. The van der Waals surface area contributed by atoms with Crippen molar-refractivity contribution >= 4 is 45.2 Å². The van der Waals surface area contributed by atoms with Crippen LogP contribution in [0.5, 0.6) is 0 Å². The van der Waals surface area contributed by atoms with Gasteiger partial charge in [-0.05, 0) is 31.0 Å². The minimum absolute atomic E-state index is 0.128. The molecule has 1 aliphatic rings. The molecule has 1 atom stereocenters. The first-order valence-electron chi connectivity index (χ1n) is 5.91. The monoisotopic (exact) mass is 278 g/mol. The van der Waals surface area contributed by atoms with Crippen LogP contribution in [0.25, 0.3) is 10.2 Å². The number of anilines is 1. The molecule has 1 aromatic heterocycles. The Morgan fingerprint density at radius 3 is 2.89 bits per heavy atom. The normalized spacial score (nSPS) is 20.1. The summed E-state index contributed by atoms with van der Waals surface area (Å²) in [6.07, 6.45) is 0.511.